The van der Waals surface area contributed by atoms with Crippen LogP contribution in [0, 0.1) is 0 Å². The van der Waals surface area contributed by atoms with Crippen molar-refractivity contribution in [3.05, 3.63) is 17.5 Å². The molecule has 0 spiro atoms. The maximum absolute atomic E-state index is 11.6. The minimum absolute atomic E-state index is 0.0606. The van der Waals surface area contributed by atoms with E-state index in [9.17, 15) is 9.59 Å². The Kier molecular flexibility index (Phi) is 3.72. The smallest absolute Gasteiger partial charge is 0.404 e. The van der Waals surface area contributed by atoms with Crippen molar-refractivity contribution in [1.29, 1.82) is 0 Å². The predicted molar refractivity (Wildman–Crippen MR) is 58.6 cm³/mol. The summed E-state index contributed by atoms with van der Waals surface area (Å²) in [5.74, 6) is -0.546. The molecule has 0 atom stereocenters. The van der Waals surface area contributed by atoms with Gasteiger partial charge in [-0.3, -0.25) is 5.10 Å². The number of rotatable bonds is 3. The van der Waals surface area contributed by atoms with Gasteiger partial charge in [0.1, 0.15) is 5.60 Å². The van der Waals surface area contributed by atoms with Gasteiger partial charge in [0.05, 0.1) is 12.2 Å². The summed E-state index contributed by atoms with van der Waals surface area (Å²) in [6.07, 6.45) is -1.14. The van der Waals surface area contributed by atoms with E-state index in [1.54, 1.807) is 20.8 Å². The van der Waals surface area contributed by atoms with E-state index in [0.29, 0.717) is 5.69 Å². The second-order valence-electron chi connectivity index (χ2n) is 4.44. The molecule has 0 unspecified atom stereocenters. The molecule has 0 saturated heterocycles. The van der Waals surface area contributed by atoms with Gasteiger partial charge in [-0.05, 0) is 26.8 Å². The second kappa shape index (κ2) is 4.86. The highest BCUT2D eigenvalue weighted by Gasteiger charge is 2.20. The SMILES string of the molecule is CC(C)(C)OC(=O)c1cc(CNC(=O)O)[nH]n1. The van der Waals surface area contributed by atoms with Crippen molar-refractivity contribution in [3.8, 4) is 0 Å². The number of nitrogens with one attached hydrogen (secondary N) is 2. The van der Waals surface area contributed by atoms with Gasteiger partial charge in [0.25, 0.3) is 0 Å². The van der Waals surface area contributed by atoms with Crippen molar-refractivity contribution < 1.29 is 19.4 Å². The first kappa shape index (κ1) is 13.0. The fourth-order valence-electron chi connectivity index (χ4n) is 1.06. The first-order chi connectivity index (χ1) is 7.78. The van der Waals surface area contributed by atoms with E-state index in [1.807, 2.05) is 0 Å². The highest BCUT2D eigenvalue weighted by Crippen LogP contribution is 2.11. The van der Waals surface area contributed by atoms with Gasteiger partial charge in [-0.25, -0.2) is 9.59 Å². The molecule has 1 rings (SSSR count). The zero-order chi connectivity index (χ0) is 13.1. The lowest BCUT2D eigenvalue weighted by Gasteiger charge is -2.18. The lowest BCUT2D eigenvalue weighted by Crippen LogP contribution is -2.24. The molecule has 0 aliphatic carbocycles. The van der Waals surface area contributed by atoms with Crippen molar-refractivity contribution in [3.63, 3.8) is 0 Å². The number of hydrogen-bond acceptors (Lipinski definition) is 4. The van der Waals surface area contributed by atoms with Crippen LogP contribution in [0.5, 0.6) is 0 Å². The van der Waals surface area contributed by atoms with Gasteiger partial charge in [0, 0.05) is 0 Å². The van der Waals surface area contributed by atoms with Gasteiger partial charge >= 0.3 is 12.1 Å². The number of ether oxygens (including phenoxy) is 1. The maximum Gasteiger partial charge on any atom is 0.404 e. The average Bonchev–Trinajstić information content (AvgIpc) is 2.60. The van der Waals surface area contributed by atoms with Gasteiger partial charge in [-0.15, -0.1) is 0 Å². The quantitative estimate of drug-likeness (QED) is 0.688. The Labute approximate surface area is 98.2 Å². The number of hydrogen-bond donors (Lipinski definition) is 3. The molecular weight excluding hydrogens is 226 g/mol. The van der Waals surface area contributed by atoms with Crippen LogP contribution in [0.2, 0.25) is 0 Å². The number of esters is 1. The van der Waals surface area contributed by atoms with E-state index in [2.05, 4.69) is 15.5 Å². The van der Waals surface area contributed by atoms with Crippen LogP contribution < -0.4 is 5.32 Å². The van der Waals surface area contributed by atoms with Crippen LogP contribution in [0.3, 0.4) is 0 Å². The first-order valence-corrected chi connectivity index (χ1v) is 5.02. The van der Waals surface area contributed by atoms with Crippen LogP contribution in [0.4, 0.5) is 4.79 Å². The summed E-state index contributed by atoms with van der Waals surface area (Å²) in [6.45, 7) is 5.32. The number of amides is 1. The molecule has 0 fully saturated rings. The summed E-state index contributed by atoms with van der Waals surface area (Å²) in [5, 5.41) is 16.9. The number of carbonyl (C=O) groups is 2. The van der Waals surface area contributed by atoms with E-state index in [1.165, 1.54) is 6.07 Å². The predicted octanol–water partition coefficient (Wildman–Crippen LogP) is 1.13. The third-order valence-electron chi connectivity index (χ3n) is 1.67. The Morgan fingerprint density at radius 1 is 1.53 bits per heavy atom. The molecule has 1 aromatic heterocycles. The van der Waals surface area contributed by atoms with Crippen molar-refractivity contribution in [2.24, 2.45) is 0 Å². The molecule has 17 heavy (non-hydrogen) atoms. The molecule has 0 bridgehead atoms. The lowest BCUT2D eigenvalue weighted by molar-refractivity contribution is 0.00627. The molecule has 0 radical (unpaired) electrons. The second-order valence-corrected chi connectivity index (χ2v) is 4.44. The zero-order valence-electron chi connectivity index (χ0n) is 9.90. The fourth-order valence-corrected chi connectivity index (χ4v) is 1.06. The third-order valence-corrected chi connectivity index (χ3v) is 1.67. The molecule has 94 valence electrons. The van der Waals surface area contributed by atoms with Crippen LogP contribution in [-0.4, -0.2) is 33.0 Å². The molecule has 0 saturated carbocycles. The minimum Gasteiger partial charge on any atom is -0.465 e. The Morgan fingerprint density at radius 2 is 2.18 bits per heavy atom. The Hall–Kier alpha value is -2.05. The van der Waals surface area contributed by atoms with Crippen LogP contribution in [0.1, 0.15) is 37.0 Å². The molecule has 7 heteroatoms. The van der Waals surface area contributed by atoms with Gasteiger partial charge in [0.2, 0.25) is 0 Å². The van der Waals surface area contributed by atoms with Crippen molar-refractivity contribution in [1.82, 2.24) is 15.5 Å². The first-order valence-electron chi connectivity index (χ1n) is 5.02. The van der Waals surface area contributed by atoms with E-state index < -0.39 is 17.7 Å². The number of nitrogens with zero attached hydrogens (tertiary/aromatic N) is 1. The zero-order valence-corrected chi connectivity index (χ0v) is 9.90. The molecular formula is C10H15N3O4. The van der Waals surface area contributed by atoms with Crippen LogP contribution in [0.15, 0.2) is 6.07 Å². The molecule has 1 heterocycles. The molecule has 7 nitrogen and oxygen atoms in total. The van der Waals surface area contributed by atoms with E-state index in [-0.39, 0.29) is 12.2 Å². The average molecular weight is 241 g/mol. The molecule has 0 aromatic carbocycles. The molecule has 0 aliphatic rings. The number of carbonyl (C=O) groups excluding carboxylic acids is 1. The van der Waals surface area contributed by atoms with E-state index in [0.717, 1.165) is 0 Å². The summed E-state index contributed by atoms with van der Waals surface area (Å²) >= 11 is 0. The summed E-state index contributed by atoms with van der Waals surface area (Å²) in [6, 6.07) is 1.45. The van der Waals surface area contributed by atoms with E-state index >= 15 is 0 Å². The van der Waals surface area contributed by atoms with E-state index in [4.69, 9.17) is 9.84 Å². The number of H-pyrrole nitrogens is 1. The van der Waals surface area contributed by atoms with Crippen molar-refractivity contribution >= 4 is 12.1 Å². The van der Waals surface area contributed by atoms with Crippen molar-refractivity contribution in [2.75, 3.05) is 0 Å². The van der Waals surface area contributed by atoms with Gasteiger partial charge in [0.15, 0.2) is 5.69 Å². The van der Waals surface area contributed by atoms with Gasteiger partial charge in [-0.2, -0.15) is 5.10 Å². The highest BCUT2D eigenvalue weighted by molar-refractivity contribution is 5.87. The summed E-state index contributed by atoms with van der Waals surface area (Å²) in [5.41, 5.74) is 0.0329. The Bertz CT molecular complexity index is 419. The summed E-state index contributed by atoms with van der Waals surface area (Å²) in [7, 11) is 0. The van der Waals surface area contributed by atoms with Crippen molar-refractivity contribution in [2.45, 2.75) is 32.9 Å². The topological polar surface area (TPSA) is 104 Å². The number of aromatic nitrogens is 2. The Morgan fingerprint density at radius 3 is 2.71 bits per heavy atom. The molecule has 1 amide bonds. The van der Waals surface area contributed by atoms with Gasteiger partial charge in [-0.1, -0.05) is 0 Å². The number of carboxylic acid groups (broad SMARTS) is 1. The highest BCUT2D eigenvalue weighted by atomic mass is 16.6. The molecule has 1 aromatic rings. The van der Waals surface area contributed by atoms with Crippen LogP contribution in [-0.2, 0) is 11.3 Å². The normalized spacial score (nSPS) is 11.0. The molecule has 3 N–H and O–H groups in total. The minimum atomic E-state index is -1.14. The molecule has 0 aliphatic heterocycles. The number of aromatic amines is 1. The Balaban J connectivity index is 2.61. The fraction of sp³-hybridized carbons (Fsp3) is 0.500. The monoisotopic (exact) mass is 241 g/mol. The summed E-state index contributed by atoms with van der Waals surface area (Å²) < 4.78 is 5.10. The van der Waals surface area contributed by atoms with Crippen LogP contribution in [0.25, 0.3) is 0 Å². The summed E-state index contributed by atoms with van der Waals surface area (Å²) in [4.78, 5) is 21.8. The van der Waals surface area contributed by atoms with Gasteiger partial charge < -0.3 is 15.2 Å². The van der Waals surface area contributed by atoms with Crippen LogP contribution >= 0.6 is 0 Å². The standard InChI is InChI=1S/C10H15N3O4/c1-10(2,3)17-8(14)7-4-6(12-13-7)5-11-9(15)16/h4,11H,5H2,1-3H3,(H,12,13)(H,15,16). The third kappa shape index (κ3) is 4.54. The maximum atomic E-state index is 11.6. The largest absolute Gasteiger partial charge is 0.465 e. The lowest BCUT2D eigenvalue weighted by atomic mass is 10.2.